The fourth-order valence-corrected chi connectivity index (χ4v) is 3.68. The van der Waals surface area contributed by atoms with E-state index >= 15 is 0 Å². The van der Waals surface area contributed by atoms with Gasteiger partial charge in [-0.1, -0.05) is 18.2 Å². The fourth-order valence-electron chi connectivity index (χ4n) is 3.68. The lowest BCUT2D eigenvalue weighted by molar-refractivity contribution is 0.482. The van der Waals surface area contributed by atoms with E-state index in [1.165, 1.54) is 0 Å². The smallest absolute Gasteiger partial charge is 0.168 e. The number of hydrogen-bond acceptors (Lipinski definition) is 8. The monoisotopic (exact) mass is 455 g/mol. The van der Waals surface area contributed by atoms with Crippen molar-refractivity contribution in [2.45, 2.75) is 12.5 Å². The second-order valence-corrected chi connectivity index (χ2v) is 7.57. The number of hydrazine groups is 1. The summed E-state index contributed by atoms with van der Waals surface area (Å²) in [5, 5.41) is 11.7. The maximum Gasteiger partial charge on any atom is 0.168 e. The molecule has 10 N–H and O–H groups in total. The van der Waals surface area contributed by atoms with Gasteiger partial charge in [0.15, 0.2) is 5.84 Å². The number of hydrazone groups is 1. The van der Waals surface area contributed by atoms with Crippen molar-refractivity contribution in [2.75, 3.05) is 0 Å². The third-order valence-corrected chi connectivity index (χ3v) is 5.29. The van der Waals surface area contributed by atoms with E-state index in [1.807, 2.05) is 60.7 Å². The van der Waals surface area contributed by atoms with Crippen LogP contribution in [0.3, 0.4) is 0 Å². The van der Waals surface area contributed by atoms with E-state index in [0.717, 1.165) is 16.9 Å². The normalized spacial score (nSPS) is 16.1. The summed E-state index contributed by atoms with van der Waals surface area (Å²) in [6, 6.07) is 18.2. The topological polar surface area (TPSA) is 187 Å². The lowest BCUT2D eigenvalue weighted by Gasteiger charge is -2.25. The Kier molecular flexibility index (Phi) is 6.62. The first-order valence-corrected chi connectivity index (χ1v) is 10.5. The molecule has 1 aliphatic heterocycles. The van der Waals surface area contributed by atoms with Crippen LogP contribution in [0.15, 0.2) is 88.7 Å². The molecule has 34 heavy (non-hydrogen) atoms. The summed E-state index contributed by atoms with van der Waals surface area (Å²) in [4.78, 5) is 9.08. The van der Waals surface area contributed by atoms with E-state index in [2.05, 4.69) is 15.5 Å². The van der Waals surface area contributed by atoms with Crippen LogP contribution in [0, 0.1) is 5.41 Å². The van der Waals surface area contributed by atoms with E-state index in [0.29, 0.717) is 34.7 Å². The van der Waals surface area contributed by atoms with Gasteiger partial charge in [0.25, 0.3) is 0 Å². The highest BCUT2D eigenvalue weighted by Gasteiger charge is 2.26. The summed E-state index contributed by atoms with van der Waals surface area (Å²) in [6.45, 7) is 0. The maximum absolute atomic E-state index is 8.08. The first-order valence-electron chi connectivity index (χ1n) is 10.5. The SMILES string of the molecule is N=C(N)C1=C(c2ccc(Oc3ccccc3)cc2)N=C(c2cncc(/C(=N/N)NN)c2)CC1N. The van der Waals surface area contributed by atoms with Gasteiger partial charge in [0, 0.05) is 47.1 Å². The zero-order valence-electron chi connectivity index (χ0n) is 18.3. The van der Waals surface area contributed by atoms with Gasteiger partial charge in [0.05, 0.1) is 11.4 Å². The van der Waals surface area contributed by atoms with Gasteiger partial charge >= 0.3 is 0 Å². The lowest BCUT2D eigenvalue weighted by atomic mass is 9.90. The summed E-state index contributed by atoms with van der Waals surface area (Å²) < 4.78 is 5.87. The molecule has 0 bridgehead atoms. The van der Waals surface area contributed by atoms with Crippen LogP contribution in [0.4, 0.5) is 0 Å². The second-order valence-electron chi connectivity index (χ2n) is 7.57. The van der Waals surface area contributed by atoms with Crippen molar-refractivity contribution in [3.05, 3.63) is 95.3 Å². The number of ether oxygens (including phenoxy) is 1. The zero-order chi connectivity index (χ0) is 24.1. The number of pyridine rings is 1. The number of amidine groups is 2. The molecule has 1 aromatic heterocycles. The van der Waals surface area contributed by atoms with Crippen LogP contribution in [0.5, 0.6) is 11.5 Å². The molecule has 1 atom stereocenters. The predicted octanol–water partition coefficient (Wildman–Crippen LogP) is 1.82. The van der Waals surface area contributed by atoms with Crippen LogP contribution >= 0.6 is 0 Å². The summed E-state index contributed by atoms with van der Waals surface area (Å²) in [7, 11) is 0. The Balaban J connectivity index is 1.71. The van der Waals surface area contributed by atoms with E-state index in [4.69, 9.17) is 38.3 Å². The lowest BCUT2D eigenvalue weighted by Crippen LogP contribution is -2.36. The maximum atomic E-state index is 8.08. The van der Waals surface area contributed by atoms with Gasteiger partial charge in [0.2, 0.25) is 0 Å². The number of rotatable bonds is 6. The number of nitrogens with zero attached hydrogens (tertiary/aromatic N) is 3. The third-order valence-electron chi connectivity index (χ3n) is 5.29. The molecule has 172 valence electrons. The third kappa shape index (κ3) is 4.77. The minimum absolute atomic E-state index is 0.119. The molecule has 0 saturated heterocycles. The molecule has 3 aromatic rings. The van der Waals surface area contributed by atoms with Crippen molar-refractivity contribution >= 4 is 23.1 Å². The second kappa shape index (κ2) is 9.94. The Morgan fingerprint density at radius 2 is 1.74 bits per heavy atom. The van der Waals surface area contributed by atoms with Crippen LogP contribution in [0.25, 0.3) is 5.70 Å². The van der Waals surface area contributed by atoms with Crippen molar-refractivity contribution in [1.82, 2.24) is 10.4 Å². The molecule has 0 spiro atoms. The zero-order valence-corrected chi connectivity index (χ0v) is 18.3. The molecule has 0 amide bonds. The average Bonchev–Trinajstić information content (AvgIpc) is 2.85. The number of nitrogens with two attached hydrogens (primary N) is 4. The number of aromatic nitrogens is 1. The highest BCUT2D eigenvalue weighted by atomic mass is 16.5. The molecular weight excluding hydrogens is 430 g/mol. The van der Waals surface area contributed by atoms with E-state index in [9.17, 15) is 0 Å². The van der Waals surface area contributed by atoms with Crippen LogP contribution in [-0.4, -0.2) is 28.4 Å². The molecule has 4 rings (SSSR count). The number of nitrogens with one attached hydrogen (secondary N) is 2. The number of hydrogen-bond donors (Lipinski definition) is 6. The molecule has 0 aliphatic carbocycles. The fraction of sp³-hybridized carbons (Fsp3) is 0.0833. The van der Waals surface area contributed by atoms with Gasteiger partial charge in [-0.2, -0.15) is 5.10 Å². The van der Waals surface area contributed by atoms with Crippen LogP contribution in [-0.2, 0) is 0 Å². The standard InChI is InChI=1S/C24H25N9O/c25-19-11-20(15-10-16(13-30-12-15)24(32-28)33-29)31-22(21(19)23(26)27)14-6-8-18(9-7-14)34-17-4-2-1-3-5-17/h1-10,12-13,19H,11,25,28-29H2,(H3,26,27)(H,32,33). The van der Waals surface area contributed by atoms with Crippen molar-refractivity contribution in [1.29, 1.82) is 5.41 Å². The quantitative estimate of drug-likeness (QED) is 0.141. The van der Waals surface area contributed by atoms with Gasteiger partial charge in [-0.25, -0.2) is 5.84 Å². The van der Waals surface area contributed by atoms with Crippen LogP contribution in [0.2, 0.25) is 0 Å². The van der Waals surface area contributed by atoms with Gasteiger partial charge in [-0.3, -0.25) is 15.4 Å². The van der Waals surface area contributed by atoms with Crippen LogP contribution in [0.1, 0.15) is 23.1 Å². The minimum atomic E-state index is -0.515. The highest BCUT2D eigenvalue weighted by molar-refractivity contribution is 6.12. The number of para-hydroxylation sites is 1. The first kappa shape index (κ1) is 22.6. The molecule has 2 aromatic carbocycles. The average molecular weight is 456 g/mol. The van der Waals surface area contributed by atoms with Gasteiger partial charge < -0.3 is 27.5 Å². The van der Waals surface area contributed by atoms with Crippen molar-refractivity contribution in [2.24, 2.45) is 33.2 Å². The Morgan fingerprint density at radius 3 is 2.38 bits per heavy atom. The molecule has 1 unspecified atom stereocenters. The highest BCUT2D eigenvalue weighted by Crippen LogP contribution is 2.31. The van der Waals surface area contributed by atoms with Crippen molar-refractivity contribution in [3.63, 3.8) is 0 Å². The van der Waals surface area contributed by atoms with Gasteiger partial charge in [-0.15, -0.1) is 0 Å². The predicted molar refractivity (Wildman–Crippen MR) is 133 cm³/mol. The molecule has 10 nitrogen and oxygen atoms in total. The van der Waals surface area contributed by atoms with Crippen LogP contribution < -0.4 is 33.3 Å². The summed E-state index contributed by atoms with van der Waals surface area (Å²) >= 11 is 0. The Bertz CT molecular complexity index is 1280. The Morgan fingerprint density at radius 1 is 1.03 bits per heavy atom. The summed E-state index contributed by atoms with van der Waals surface area (Å²) in [5.74, 6) is 12.4. The molecular formula is C24H25N9O. The largest absolute Gasteiger partial charge is 0.457 e. The molecule has 0 radical (unpaired) electrons. The van der Waals surface area contributed by atoms with E-state index in [-0.39, 0.29) is 11.7 Å². The van der Waals surface area contributed by atoms with E-state index in [1.54, 1.807) is 12.4 Å². The first-order chi connectivity index (χ1) is 16.5. The molecule has 2 heterocycles. The van der Waals surface area contributed by atoms with Crippen molar-refractivity contribution < 1.29 is 4.74 Å². The Hall–Kier alpha value is -4.54. The molecule has 0 saturated carbocycles. The van der Waals surface area contributed by atoms with E-state index < -0.39 is 6.04 Å². The molecule has 10 heteroatoms. The Labute approximate surface area is 196 Å². The van der Waals surface area contributed by atoms with Gasteiger partial charge in [0.1, 0.15) is 17.3 Å². The summed E-state index contributed by atoms with van der Waals surface area (Å²) in [6.07, 6.45) is 3.64. The molecule has 1 aliphatic rings. The van der Waals surface area contributed by atoms with Crippen molar-refractivity contribution in [3.8, 4) is 11.5 Å². The van der Waals surface area contributed by atoms with Gasteiger partial charge in [-0.05, 0) is 42.5 Å². The minimum Gasteiger partial charge on any atom is -0.457 e. The molecule has 0 fully saturated rings. The number of benzene rings is 2. The number of aliphatic imine (C=N–C) groups is 1. The summed E-state index contributed by atoms with van der Waals surface area (Å²) in [5.41, 5.74) is 18.6.